The van der Waals surface area contributed by atoms with Gasteiger partial charge >= 0.3 is 0 Å². The van der Waals surface area contributed by atoms with Crippen molar-refractivity contribution in [2.75, 3.05) is 26.2 Å². The molecular weight excluding hydrogens is 274 g/mol. The van der Waals surface area contributed by atoms with E-state index in [1.807, 2.05) is 0 Å². The highest BCUT2D eigenvalue weighted by Gasteiger charge is 2.35. The van der Waals surface area contributed by atoms with Gasteiger partial charge in [0.15, 0.2) is 0 Å². The Morgan fingerprint density at radius 1 is 1.30 bits per heavy atom. The highest BCUT2D eigenvalue weighted by molar-refractivity contribution is 7.87. The molecule has 0 aromatic heterocycles. The van der Waals surface area contributed by atoms with Crippen LogP contribution in [-0.2, 0) is 10.2 Å². The Bertz CT molecular complexity index is 411. The van der Waals surface area contributed by atoms with E-state index in [0.29, 0.717) is 43.4 Å². The van der Waals surface area contributed by atoms with E-state index in [1.165, 1.54) is 0 Å². The molecule has 1 saturated carbocycles. The molecule has 0 aromatic rings. The number of hydrogen-bond donors (Lipinski definition) is 2. The monoisotopic (exact) mass is 303 g/mol. The highest BCUT2D eigenvalue weighted by Crippen LogP contribution is 2.37. The highest BCUT2D eigenvalue weighted by atomic mass is 32.2. The van der Waals surface area contributed by atoms with Gasteiger partial charge < -0.3 is 5.32 Å². The summed E-state index contributed by atoms with van der Waals surface area (Å²) in [5, 5.41) is 3.41. The van der Waals surface area contributed by atoms with E-state index in [9.17, 15) is 8.42 Å². The molecule has 0 aromatic carbocycles. The third-order valence-corrected chi connectivity index (χ3v) is 5.98. The lowest BCUT2D eigenvalue weighted by molar-refractivity contribution is 0.254. The Morgan fingerprint density at radius 2 is 2.00 bits per heavy atom. The van der Waals surface area contributed by atoms with Crippen LogP contribution >= 0.6 is 0 Å². The van der Waals surface area contributed by atoms with Gasteiger partial charge in [-0.3, -0.25) is 0 Å². The van der Waals surface area contributed by atoms with Crippen LogP contribution < -0.4 is 10.0 Å². The maximum atomic E-state index is 12.3. The van der Waals surface area contributed by atoms with Gasteiger partial charge in [0.1, 0.15) is 0 Å². The van der Waals surface area contributed by atoms with E-state index >= 15 is 0 Å². The molecule has 5 nitrogen and oxygen atoms in total. The molecular formula is C14H29N3O2S. The minimum Gasteiger partial charge on any atom is -0.314 e. The Labute approximate surface area is 123 Å². The van der Waals surface area contributed by atoms with E-state index in [0.717, 1.165) is 25.8 Å². The molecule has 3 atom stereocenters. The third-order valence-electron chi connectivity index (χ3n) is 4.44. The molecule has 118 valence electrons. The van der Waals surface area contributed by atoms with Crippen molar-refractivity contribution in [3.63, 3.8) is 0 Å². The average Bonchev–Trinajstić information content (AvgIpc) is 3.11. The summed E-state index contributed by atoms with van der Waals surface area (Å²) >= 11 is 0. The Kier molecular flexibility index (Phi) is 5.45. The Morgan fingerprint density at radius 3 is 2.60 bits per heavy atom. The molecule has 2 aliphatic rings. The lowest BCUT2D eigenvalue weighted by atomic mass is 9.99. The van der Waals surface area contributed by atoms with Gasteiger partial charge in [-0.1, -0.05) is 20.8 Å². The molecule has 1 heterocycles. The number of rotatable bonds is 7. The minimum atomic E-state index is -3.28. The van der Waals surface area contributed by atoms with Crippen molar-refractivity contribution >= 4 is 10.2 Å². The van der Waals surface area contributed by atoms with E-state index < -0.39 is 10.2 Å². The molecule has 2 N–H and O–H groups in total. The SMILES string of the molecule is CC(C)NCC1CCCN(S(=O)(=O)NCC2CC2C)C1. The Balaban J connectivity index is 1.80. The zero-order valence-electron chi connectivity index (χ0n) is 12.9. The van der Waals surface area contributed by atoms with Gasteiger partial charge in [0.25, 0.3) is 10.2 Å². The van der Waals surface area contributed by atoms with Crippen LogP contribution in [0.4, 0.5) is 0 Å². The fourth-order valence-electron chi connectivity index (χ4n) is 2.80. The van der Waals surface area contributed by atoms with E-state index in [-0.39, 0.29) is 0 Å². The molecule has 1 saturated heterocycles. The van der Waals surface area contributed by atoms with Crippen LogP contribution in [0, 0.1) is 17.8 Å². The molecule has 1 aliphatic carbocycles. The van der Waals surface area contributed by atoms with Crippen molar-refractivity contribution in [2.24, 2.45) is 17.8 Å². The predicted molar refractivity (Wildman–Crippen MR) is 81.6 cm³/mol. The lowest BCUT2D eigenvalue weighted by Crippen LogP contribution is -2.48. The fourth-order valence-corrected chi connectivity index (χ4v) is 4.19. The zero-order valence-corrected chi connectivity index (χ0v) is 13.7. The Hall–Kier alpha value is -0.170. The van der Waals surface area contributed by atoms with Crippen LogP contribution in [0.1, 0.15) is 40.0 Å². The summed E-state index contributed by atoms with van der Waals surface area (Å²) in [6, 6.07) is 0.455. The second-order valence-corrected chi connectivity index (χ2v) is 8.51. The standard InChI is InChI=1S/C14H29N3O2S/c1-11(2)15-8-13-5-4-6-17(10-13)20(18,19)16-9-14-7-12(14)3/h11-16H,4-10H2,1-3H3. The van der Waals surface area contributed by atoms with Crippen molar-refractivity contribution in [3.05, 3.63) is 0 Å². The first kappa shape index (κ1) is 16.2. The van der Waals surface area contributed by atoms with Gasteiger partial charge in [-0.2, -0.15) is 12.7 Å². The van der Waals surface area contributed by atoms with Gasteiger partial charge in [0.05, 0.1) is 0 Å². The molecule has 2 fully saturated rings. The second-order valence-electron chi connectivity index (χ2n) is 6.76. The maximum absolute atomic E-state index is 12.3. The number of nitrogens with zero attached hydrogens (tertiary/aromatic N) is 1. The molecule has 6 heteroatoms. The smallest absolute Gasteiger partial charge is 0.279 e. The first-order valence-corrected chi connectivity index (χ1v) is 9.30. The largest absolute Gasteiger partial charge is 0.314 e. The zero-order chi connectivity index (χ0) is 14.8. The minimum absolute atomic E-state index is 0.433. The molecule has 20 heavy (non-hydrogen) atoms. The van der Waals surface area contributed by atoms with Crippen molar-refractivity contribution in [3.8, 4) is 0 Å². The summed E-state index contributed by atoms with van der Waals surface area (Å²) in [4.78, 5) is 0. The summed E-state index contributed by atoms with van der Waals surface area (Å²) in [7, 11) is -3.28. The first-order valence-electron chi connectivity index (χ1n) is 7.86. The summed E-state index contributed by atoms with van der Waals surface area (Å²) in [5.41, 5.74) is 0. The first-order chi connectivity index (χ1) is 9.38. The van der Waals surface area contributed by atoms with Crippen molar-refractivity contribution in [2.45, 2.75) is 46.1 Å². The van der Waals surface area contributed by atoms with E-state index in [2.05, 4.69) is 30.8 Å². The lowest BCUT2D eigenvalue weighted by Gasteiger charge is -2.32. The van der Waals surface area contributed by atoms with E-state index in [4.69, 9.17) is 0 Å². The number of hydrogen-bond acceptors (Lipinski definition) is 3. The fraction of sp³-hybridized carbons (Fsp3) is 1.00. The normalized spacial score (nSPS) is 31.7. The van der Waals surface area contributed by atoms with Crippen LogP contribution in [0.5, 0.6) is 0 Å². The second kappa shape index (κ2) is 6.73. The molecule has 0 bridgehead atoms. The van der Waals surface area contributed by atoms with Crippen LogP contribution in [0.2, 0.25) is 0 Å². The maximum Gasteiger partial charge on any atom is 0.279 e. The van der Waals surface area contributed by atoms with Crippen LogP contribution in [-0.4, -0.2) is 44.9 Å². The van der Waals surface area contributed by atoms with Gasteiger partial charge in [0.2, 0.25) is 0 Å². The van der Waals surface area contributed by atoms with Gasteiger partial charge in [-0.05, 0) is 43.6 Å². The molecule has 0 amide bonds. The molecule has 1 aliphatic heterocycles. The topological polar surface area (TPSA) is 61.4 Å². The summed E-state index contributed by atoms with van der Waals surface area (Å²) in [6.07, 6.45) is 3.24. The molecule has 2 rings (SSSR count). The van der Waals surface area contributed by atoms with Crippen molar-refractivity contribution < 1.29 is 8.42 Å². The summed E-state index contributed by atoms with van der Waals surface area (Å²) in [6.45, 7) is 9.24. The van der Waals surface area contributed by atoms with E-state index in [1.54, 1.807) is 4.31 Å². The number of piperidine rings is 1. The number of nitrogens with one attached hydrogen (secondary N) is 2. The third kappa shape index (κ3) is 4.69. The van der Waals surface area contributed by atoms with Gasteiger partial charge in [-0.15, -0.1) is 0 Å². The van der Waals surface area contributed by atoms with Gasteiger partial charge in [0, 0.05) is 25.7 Å². The quantitative estimate of drug-likeness (QED) is 0.742. The van der Waals surface area contributed by atoms with Crippen LogP contribution in [0.25, 0.3) is 0 Å². The van der Waals surface area contributed by atoms with Crippen molar-refractivity contribution in [1.82, 2.24) is 14.3 Å². The molecule has 3 unspecified atom stereocenters. The van der Waals surface area contributed by atoms with Crippen molar-refractivity contribution in [1.29, 1.82) is 0 Å². The molecule has 0 radical (unpaired) electrons. The molecule has 0 spiro atoms. The van der Waals surface area contributed by atoms with Gasteiger partial charge in [-0.25, -0.2) is 4.72 Å². The summed E-state index contributed by atoms with van der Waals surface area (Å²) < 4.78 is 29.0. The summed E-state index contributed by atoms with van der Waals surface area (Å²) in [5.74, 6) is 1.66. The van der Waals surface area contributed by atoms with Crippen LogP contribution in [0.3, 0.4) is 0 Å². The predicted octanol–water partition coefficient (Wildman–Crippen LogP) is 1.19. The van der Waals surface area contributed by atoms with Crippen LogP contribution in [0.15, 0.2) is 0 Å². The average molecular weight is 303 g/mol.